The summed E-state index contributed by atoms with van der Waals surface area (Å²) in [6, 6.07) is 3.86. The van der Waals surface area contributed by atoms with Gasteiger partial charge in [-0.1, -0.05) is 24.6 Å². The quantitative estimate of drug-likeness (QED) is 0.542. The molecule has 1 aliphatic carbocycles. The molecule has 0 aliphatic heterocycles. The van der Waals surface area contributed by atoms with Gasteiger partial charge in [0.2, 0.25) is 0 Å². The number of hydrogen-bond acceptors (Lipinski definition) is 7. The molecule has 0 aromatic carbocycles. The van der Waals surface area contributed by atoms with Crippen molar-refractivity contribution in [3.8, 4) is 11.5 Å². The monoisotopic (exact) mass is 450 g/mol. The van der Waals surface area contributed by atoms with Gasteiger partial charge in [0.05, 0.1) is 10.3 Å². The second kappa shape index (κ2) is 8.03. The lowest BCUT2D eigenvalue weighted by Gasteiger charge is -2.19. The van der Waals surface area contributed by atoms with Crippen LogP contribution in [0, 0.1) is 6.92 Å². The summed E-state index contributed by atoms with van der Waals surface area (Å²) in [4.78, 5) is 12.6. The maximum absolute atomic E-state index is 13.3. The summed E-state index contributed by atoms with van der Waals surface area (Å²) in [5.74, 6) is -0.736. The summed E-state index contributed by atoms with van der Waals surface area (Å²) in [6.45, 7) is 5.00. The Labute approximate surface area is 186 Å². The molecule has 0 spiro atoms. The third-order valence-electron chi connectivity index (χ3n) is 5.06. The molecule has 0 amide bonds. The van der Waals surface area contributed by atoms with Crippen LogP contribution in [0.15, 0.2) is 30.6 Å². The summed E-state index contributed by atoms with van der Waals surface area (Å²) >= 11 is 5.83. The van der Waals surface area contributed by atoms with Crippen LogP contribution >= 0.6 is 11.6 Å². The van der Waals surface area contributed by atoms with E-state index < -0.39 is 45.5 Å². The van der Waals surface area contributed by atoms with Crippen molar-refractivity contribution in [3.05, 3.63) is 53.0 Å². The molecule has 0 bridgehead atoms. The first kappa shape index (κ1) is 16.3. The molecule has 10 heteroatoms. The number of rotatable bonds is 7. The summed E-state index contributed by atoms with van der Waals surface area (Å²) in [5.41, 5.74) is 1.03. The van der Waals surface area contributed by atoms with Crippen molar-refractivity contribution in [1.29, 1.82) is 0 Å². The van der Waals surface area contributed by atoms with Crippen LogP contribution in [0.4, 0.5) is 0 Å². The Hall–Kier alpha value is -2.39. The van der Waals surface area contributed by atoms with Crippen LogP contribution < -0.4 is 0 Å². The normalized spacial score (nSPS) is 21.7. The topological polar surface area (TPSA) is 104 Å². The molecular weight excluding hydrogens is 424 g/mol. The largest absolute Gasteiger partial charge is 0.306 e. The molecular formula is C20H23ClN6O2S. The van der Waals surface area contributed by atoms with Gasteiger partial charge in [-0.05, 0) is 38.7 Å². The number of aryl methyl sites for hydroxylation is 1. The fraction of sp³-hybridized carbons (Fsp3) is 0.450. The molecule has 4 rings (SSSR count). The van der Waals surface area contributed by atoms with Crippen molar-refractivity contribution < 1.29 is 13.9 Å². The van der Waals surface area contributed by atoms with Crippen molar-refractivity contribution in [2.45, 2.75) is 56.5 Å². The number of aromatic nitrogens is 6. The number of sulfone groups is 1. The minimum atomic E-state index is -3.85. The molecule has 0 N–H and O–H groups in total. The van der Waals surface area contributed by atoms with E-state index in [0.29, 0.717) is 22.2 Å². The van der Waals surface area contributed by atoms with Gasteiger partial charge >= 0.3 is 0 Å². The van der Waals surface area contributed by atoms with Gasteiger partial charge in [-0.2, -0.15) is 0 Å². The van der Waals surface area contributed by atoms with Crippen LogP contribution in [0.2, 0.25) is 5.02 Å². The van der Waals surface area contributed by atoms with Crippen molar-refractivity contribution >= 4 is 21.4 Å². The van der Waals surface area contributed by atoms with E-state index in [4.69, 9.17) is 17.1 Å². The first-order valence-corrected chi connectivity index (χ1v) is 11.4. The molecule has 0 radical (unpaired) electrons. The fourth-order valence-corrected chi connectivity index (χ4v) is 4.75. The van der Waals surface area contributed by atoms with E-state index >= 15 is 0 Å². The third kappa shape index (κ3) is 4.22. The predicted octanol–water partition coefficient (Wildman–Crippen LogP) is 3.53. The highest BCUT2D eigenvalue weighted by atomic mass is 35.5. The summed E-state index contributed by atoms with van der Waals surface area (Å²) < 4.78 is 60.4. The summed E-state index contributed by atoms with van der Waals surface area (Å²) in [7, 11) is -3.85. The molecule has 1 saturated carbocycles. The van der Waals surface area contributed by atoms with Crippen LogP contribution in [0.5, 0.6) is 0 Å². The molecule has 3 aromatic heterocycles. The van der Waals surface area contributed by atoms with E-state index in [0.717, 1.165) is 0 Å². The average molecular weight is 451 g/mol. The van der Waals surface area contributed by atoms with Crippen LogP contribution in [0.25, 0.3) is 11.5 Å². The van der Waals surface area contributed by atoms with Crippen molar-refractivity contribution in [2.75, 3.05) is 0 Å². The van der Waals surface area contributed by atoms with E-state index in [2.05, 4.69) is 25.1 Å². The van der Waals surface area contributed by atoms with Crippen molar-refractivity contribution in [2.24, 2.45) is 0 Å². The lowest BCUT2D eigenvalue weighted by molar-refractivity contribution is 0.558. The smallest absolute Gasteiger partial charge is 0.182 e. The standard InChI is InChI=1S/C20H23ClN6O2S/c1-12-5-4-6-17(24-12)20-26-25-18(27(20)16-7-8-16)11-30(28,29)14(3)13(2)19-22-9-15(21)10-23-19/h4-6,9-10,13-14,16H,7-8,11H2,1-3H3/t13-,14-/m0/s1/i7D2,8D2. The molecule has 30 heavy (non-hydrogen) atoms. The fourth-order valence-electron chi connectivity index (χ4n) is 3.09. The Morgan fingerprint density at radius 1 is 1.23 bits per heavy atom. The van der Waals surface area contributed by atoms with Crippen LogP contribution in [-0.4, -0.2) is 43.4 Å². The Morgan fingerprint density at radius 3 is 2.57 bits per heavy atom. The summed E-state index contributed by atoms with van der Waals surface area (Å²) in [6.07, 6.45) is -1.64. The van der Waals surface area contributed by atoms with E-state index in [-0.39, 0.29) is 11.6 Å². The van der Waals surface area contributed by atoms with E-state index in [1.54, 1.807) is 32.0 Å². The van der Waals surface area contributed by atoms with E-state index in [1.165, 1.54) is 23.9 Å². The zero-order valence-electron chi connectivity index (χ0n) is 20.6. The molecule has 2 atom stereocenters. The first-order chi connectivity index (χ1) is 15.8. The van der Waals surface area contributed by atoms with Crippen molar-refractivity contribution in [1.82, 2.24) is 29.7 Å². The number of hydrogen-bond donors (Lipinski definition) is 0. The lowest BCUT2D eigenvalue weighted by atomic mass is 10.1. The Bertz CT molecular complexity index is 1320. The number of nitrogens with zero attached hydrogens (tertiary/aromatic N) is 6. The second-order valence-corrected chi connectivity index (χ2v) is 10.0. The van der Waals surface area contributed by atoms with Gasteiger partial charge in [-0.25, -0.2) is 23.4 Å². The molecule has 3 aromatic rings. The van der Waals surface area contributed by atoms with Gasteiger partial charge in [0.25, 0.3) is 0 Å². The Kier molecular flexibility index (Phi) is 4.37. The van der Waals surface area contributed by atoms with Gasteiger partial charge in [0, 0.05) is 35.5 Å². The van der Waals surface area contributed by atoms with Gasteiger partial charge < -0.3 is 4.57 Å². The van der Waals surface area contributed by atoms with Gasteiger partial charge in [0.1, 0.15) is 23.1 Å². The molecule has 1 aliphatic rings. The van der Waals surface area contributed by atoms with E-state index in [9.17, 15) is 8.42 Å². The molecule has 0 unspecified atom stereocenters. The van der Waals surface area contributed by atoms with Gasteiger partial charge in [0.15, 0.2) is 15.7 Å². The highest BCUT2D eigenvalue weighted by Gasteiger charge is 2.35. The summed E-state index contributed by atoms with van der Waals surface area (Å²) in [5, 5.41) is 7.55. The van der Waals surface area contributed by atoms with Crippen LogP contribution in [0.1, 0.15) is 61.4 Å². The zero-order chi connectivity index (χ0) is 25.1. The van der Waals surface area contributed by atoms with Crippen LogP contribution in [-0.2, 0) is 15.6 Å². The Balaban J connectivity index is 1.72. The number of pyridine rings is 1. The molecule has 158 valence electrons. The average Bonchev–Trinajstić information content (AvgIpc) is 3.01. The SMILES string of the molecule is [2H]C1([2H])C(n2c(CS(=O)(=O)[C@@H](C)[C@H](C)c3ncc(Cl)cn3)nnc2-c2cccc(C)n2)C1([2H])[2H]. The lowest BCUT2D eigenvalue weighted by Crippen LogP contribution is -2.27. The maximum Gasteiger partial charge on any atom is 0.182 e. The third-order valence-corrected chi connectivity index (χ3v) is 7.46. The second-order valence-electron chi connectivity index (χ2n) is 7.23. The van der Waals surface area contributed by atoms with Gasteiger partial charge in [-0.3, -0.25) is 0 Å². The molecule has 8 nitrogen and oxygen atoms in total. The molecule has 1 fully saturated rings. The number of halogens is 1. The Morgan fingerprint density at radius 2 is 1.93 bits per heavy atom. The molecule has 0 saturated heterocycles. The minimum Gasteiger partial charge on any atom is -0.306 e. The maximum atomic E-state index is 13.3. The van der Waals surface area contributed by atoms with Gasteiger partial charge in [-0.15, -0.1) is 10.2 Å². The predicted molar refractivity (Wildman–Crippen MR) is 114 cm³/mol. The van der Waals surface area contributed by atoms with E-state index in [1.807, 2.05) is 0 Å². The first-order valence-electron chi connectivity index (χ1n) is 11.3. The van der Waals surface area contributed by atoms with Crippen LogP contribution in [0.3, 0.4) is 0 Å². The van der Waals surface area contributed by atoms with Crippen molar-refractivity contribution in [3.63, 3.8) is 0 Å². The molecule has 3 heterocycles. The zero-order valence-corrected chi connectivity index (χ0v) is 18.2. The highest BCUT2D eigenvalue weighted by molar-refractivity contribution is 7.91. The minimum absolute atomic E-state index is 0.0513. The highest BCUT2D eigenvalue weighted by Crippen LogP contribution is 2.39.